The van der Waals surface area contributed by atoms with Crippen molar-refractivity contribution in [1.82, 2.24) is 4.72 Å². The Morgan fingerprint density at radius 1 is 1.43 bits per heavy atom. The van der Waals surface area contributed by atoms with Crippen molar-refractivity contribution in [3.63, 3.8) is 0 Å². The van der Waals surface area contributed by atoms with Crippen LogP contribution < -0.4 is 4.72 Å². The lowest BCUT2D eigenvalue weighted by Crippen LogP contribution is -2.22. The van der Waals surface area contributed by atoms with Gasteiger partial charge in [-0.05, 0) is 47.8 Å². The van der Waals surface area contributed by atoms with Gasteiger partial charge in [-0.3, -0.25) is 4.72 Å². The number of aryl methyl sites for hydroxylation is 1. The zero-order valence-electron chi connectivity index (χ0n) is 13.6. The minimum atomic E-state index is -0.799. The Morgan fingerprint density at radius 3 is 2.91 bits per heavy atom. The molecule has 1 aromatic heterocycles. The summed E-state index contributed by atoms with van der Waals surface area (Å²) < 4.78 is 8.42. The van der Waals surface area contributed by atoms with Gasteiger partial charge in [0.2, 0.25) is 0 Å². The monoisotopic (exact) mass is 353 g/mol. The molecule has 2 heterocycles. The highest BCUT2D eigenvalue weighted by Crippen LogP contribution is 2.45. The van der Waals surface area contributed by atoms with E-state index in [0.29, 0.717) is 25.3 Å². The molecule has 0 amide bonds. The van der Waals surface area contributed by atoms with Gasteiger partial charge in [0.05, 0.1) is 18.8 Å². The first kappa shape index (κ1) is 17.0. The third-order valence-electron chi connectivity index (χ3n) is 4.75. The zero-order chi connectivity index (χ0) is 16.6. The van der Waals surface area contributed by atoms with Crippen LogP contribution in [0.15, 0.2) is 5.57 Å². The smallest absolute Gasteiger partial charge is 0.337 e. The van der Waals surface area contributed by atoms with E-state index in [4.69, 9.17) is 4.74 Å². The molecule has 0 unspecified atom stereocenters. The first-order chi connectivity index (χ1) is 10.9. The Labute approximate surface area is 146 Å². The molecule has 0 saturated carbocycles. The summed E-state index contributed by atoms with van der Waals surface area (Å²) in [6.07, 6.45) is 3.72. The van der Waals surface area contributed by atoms with Crippen molar-refractivity contribution in [1.29, 1.82) is 0 Å². The van der Waals surface area contributed by atoms with Gasteiger partial charge in [-0.1, -0.05) is 26.7 Å². The Kier molecular flexibility index (Phi) is 4.88. The molecule has 23 heavy (non-hydrogen) atoms. The van der Waals surface area contributed by atoms with Crippen molar-refractivity contribution in [3.05, 3.63) is 26.5 Å². The number of rotatable bonds is 4. The number of carbonyl (C=O) groups is 1. The Morgan fingerprint density at radius 2 is 2.22 bits per heavy atom. The summed E-state index contributed by atoms with van der Waals surface area (Å²) in [6.45, 7) is 6.27. The molecular weight excluding hydrogens is 330 g/mol. The van der Waals surface area contributed by atoms with Crippen LogP contribution >= 0.6 is 24.2 Å². The van der Waals surface area contributed by atoms with E-state index in [2.05, 4.69) is 31.4 Å². The van der Waals surface area contributed by atoms with E-state index in [-0.39, 0.29) is 5.41 Å². The fourth-order valence-corrected chi connectivity index (χ4v) is 5.14. The Bertz CT molecular complexity index is 661. The lowest BCUT2D eigenvalue weighted by atomic mass is 9.75. The molecule has 2 aliphatic rings. The van der Waals surface area contributed by atoms with Crippen molar-refractivity contribution in [2.24, 2.45) is 5.41 Å². The minimum absolute atomic E-state index is 0.176. The molecule has 3 rings (SSSR count). The largest absolute Gasteiger partial charge is 0.478 e. The highest BCUT2D eigenvalue weighted by molar-refractivity contribution is 7.78. The summed E-state index contributed by atoms with van der Waals surface area (Å²) in [5.41, 5.74) is 4.03. The summed E-state index contributed by atoms with van der Waals surface area (Å²) in [4.78, 5) is 14.2. The number of ether oxygens (including phenoxy) is 1. The van der Waals surface area contributed by atoms with Gasteiger partial charge >= 0.3 is 5.97 Å². The molecule has 0 saturated heterocycles. The summed E-state index contributed by atoms with van der Waals surface area (Å²) >= 11 is 5.77. The summed E-state index contributed by atoms with van der Waals surface area (Å²) in [5.74, 6) is -0.799. The summed E-state index contributed by atoms with van der Waals surface area (Å²) in [7, 11) is 0. The highest BCUT2D eigenvalue weighted by atomic mass is 32.1. The molecule has 0 fully saturated rings. The number of fused-ring (bicyclic) bond motifs is 1. The third-order valence-corrected chi connectivity index (χ3v) is 6.26. The lowest BCUT2D eigenvalue weighted by Gasteiger charge is -2.29. The van der Waals surface area contributed by atoms with E-state index in [1.54, 1.807) is 11.3 Å². The molecular formula is C17H23NO3S2. The maximum absolute atomic E-state index is 12.0. The molecule has 2 N–H and O–H groups in total. The van der Waals surface area contributed by atoms with Crippen molar-refractivity contribution in [3.8, 4) is 0 Å². The van der Waals surface area contributed by atoms with Gasteiger partial charge in [-0.15, -0.1) is 11.3 Å². The van der Waals surface area contributed by atoms with E-state index in [1.807, 2.05) is 0 Å². The van der Waals surface area contributed by atoms with Gasteiger partial charge in [0.15, 0.2) is 0 Å². The highest BCUT2D eigenvalue weighted by Gasteiger charge is 2.34. The van der Waals surface area contributed by atoms with E-state index < -0.39 is 5.97 Å². The number of hydrogen-bond donors (Lipinski definition) is 3. The number of thiophene rings is 1. The van der Waals surface area contributed by atoms with Crippen LogP contribution in [0.5, 0.6) is 0 Å². The topological polar surface area (TPSA) is 58.6 Å². The maximum Gasteiger partial charge on any atom is 0.337 e. The Balaban J connectivity index is 2.13. The fraction of sp³-hybridized carbons (Fsp3) is 0.588. The normalized spacial score (nSPS) is 20.5. The second kappa shape index (κ2) is 6.59. The van der Waals surface area contributed by atoms with Gasteiger partial charge in [-0.2, -0.15) is 0 Å². The third kappa shape index (κ3) is 3.36. The predicted molar refractivity (Wildman–Crippen MR) is 96.4 cm³/mol. The van der Waals surface area contributed by atoms with E-state index in [9.17, 15) is 9.90 Å². The van der Waals surface area contributed by atoms with Crippen molar-refractivity contribution in [2.45, 2.75) is 39.5 Å². The summed E-state index contributed by atoms with van der Waals surface area (Å²) in [6, 6.07) is 0. The number of hydrogen-bond acceptors (Lipinski definition) is 5. The lowest BCUT2D eigenvalue weighted by molar-refractivity contribution is 0.0694. The first-order valence-corrected chi connectivity index (χ1v) is 9.23. The molecule has 1 aliphatic heterocycles. The van der Waals surface area contributed by atoms with Gasteiger partial charge in [0.1, 0.15) is 0 Å². The minimum Gasteiger partial charge on any atom is -0.478 e. The van der Waals surface area contributed by atoms with Crippen molar-refractivity contribution >= 4 is 35.7 Å². The molecule has 1 aliphatic carbocycles. The van der Waals surface area contributed by atoms with Crippen LogP contribution in [0.3, 0.4) is 0 Å². The van der Waals surface area contributed by atoms with Gasteiger partial charge in [0.25, 0.3) is 0 Å². The second-order valence-electron chi connectivity index (χ2n) is 7.07. The zero-order valence-corrected chi connectivity index (χ0v) is 15.3. The summed E-state index contributed by atoms with van der Waals surface area (Å²) in [5, 5.41) is 9.85. The molecule has 0 radical (unpaired) electrons. The van der Waals surface area contributed by atoms with Gasteiger partial charge < -0.3 is 9.84 Å². The quantitative estimate of drug-likeness (QED) is 0.724. The maximum atomic E-state index is 12.0. The van der Waals surface area contributed by atoms with Crippen LogP contribution in [-0.2, 0) is 17.6 Å². The number of thiol groups is 1. The fourth-order valence-electron chi connectivity index (χ4n) is 3.52. The molecule has 0 bridgehead atoms. The van der Waals surface area contributed by atoms with Crippen LogP contribution in [0.4, 0.5) is 0 Å². The molecule has 0 atom stereocenters. The predicted octanol–water partition coefficient (Wildman–Crippen LogP) is 3.57. The molecule has 1 aromatic rings. The first-order valence-electron chi connectivity index (χ1n) is 7.97. The van der Waals surface area contributed by atoms with Crippen molar-refractivity contribution in [2.75, 3.05) is 19.8 Å². The van der Waals surface area contributed by atoms with E-state index in [0.717, 1.165) is 47.3 Å². The molecule has 6 heteroatoms. The number of aromatic carboxylic acids is 1. The Hall–Kier alpha value is -0.820. The number of nitrogens with one attached hydrogen (secondary N) is 1. The van der Waals surface area contributed by atoms with Crippen LogP contribution in [0, 0.1) is 5.41 Å². The van der Waals surface area contributed by atoms with E-state index >= 15 is 0 Å². The molecule has 4 nitrogen and oxygen atoms in total. The number of carboxylic acids is 1. The van der Waals surface area contributed by atoms with Crippen LogP contribution in [0.1, 0.15) is 52.4 Å². The molecule has 0 spiro atoms. The van der Waals surface area contributed by atoms with Crippen LogP contribution in [-0.4, -0.2) is 30.8 Å². The average molecular weight is 354 g/mol. The molecule has 126 valence electrons. The van der Waals surface area contributed by atoms with Crippen LogP contribution in [0.2, 0.25) is 0 Å². The second-order valence-corrected chi connectivity index (χ2v) is 8.50. The van der Waals surface area contributed by atoms with E-state index in [1.165, 1.54) is 4.88 Å². The number of carboxylic acid groups (broad SMARTS) is 1. The van der Waals surface area contributed by atoms with Crippen LogP contribution in [0.25, 0.3) is 5.57 Å². The van der Waals surface area contributed by atoms with Gasteiger partial charge in [-0.25, -0.2) is 4.79 Å². The van der Waals surface area contributed by atoms with Crippen molar-refractivity contribution < 1.29 is 14.6 Å². The SMILES string of the molecule is CC1(C)CCc2sc(C3=C(CNS)COCC3)c(C(=O)O)c2C1. The average Bonchev–Trinajstić information content (AvgIpc) is 2.85. The van der Waals surface area contributed by atoms with Gasteiger partial charge in [0, 0.05) is 16.3 Å². The molecule has 0 aromatic carbocycles. The standard InChI is InChI=1S/C17H23NO3S2/c1-17(2)5-3-13-12(7-17)14(16(19)20)15(23-13)11-4-6-21-9-10(11)8-18-22/h18,22H,3-9H2,1-2H3,(H,19,20).